The van der Waals surface area contributed by atoms with Crippen LogP contribution in [0.15, 0.2) is 24.3 Å². The van der Waals surface area contributed by atoms with Crippen molar-refractivity contribution in [2.45, 2.75) is 367 Å². The van der Waals surface area contributed by atoms with Gasteiger partial charge in [0, 0.05) is 19.3 Å². The summed E-state index contributed by atoms with van der Waals surface area (Å²) < 4.78 is 16.9. The molecular weight excluding hydrogens is 889 g/mol. The van der Waals surface area contributed by atoms with Crippen molar-refractivity contribution in [3.8, 4) is 0 Å². The Morgan fingerprint density at radius 1 is 0.278 bits per heavy atom. The normalized spacial score (nSPS) is 12.1. The zero-order chi connectivity index (χ0) is 52.2. The molecule has 0 radical (unpaired) electrons. The molecule has 0 aromatic heterocycles. The van der Waals surface area contributed by atoms with Crippen LogP contribution in [-0.4, -0.2) is 37.2 Å². The van der Waals surface area contributed by atoms with Crippen LogP contribution in [0, 0.1) is 0 Å². The minimum absolute atomic E-state index is 0.0687. The van der Waals surface area contributed by atoms with Crippen LogP contribution in [-0.2, 0) is 28.6 Å². The van der Waals surface area contributed by atoms with Crippen LogP contribution in [0.3, 0.4) is 0 Å². The predicted octanol–water partition coefficient (Wildman–Crippen LogP) is 21.8. The quantitative estimate of drug-likeness (QED) is 0.0261. The Kier molecular flexibility index (Phi) is 59.6. The van der Waals surface area contributed by atoms with Crippen LogP contribution in [0.2, 0.25) is 0 Å². The second kappa shape index (κ2) is 61.4. The fourth-order valence-electron chi connectivity index (χ4n) is 9.83. The molecule has 424 valence electrons. The molecule has 0 saturated heterocycles. The minimum Gasteiger partial charge on any atom is -0.462 e. The van der Waals surface area contributed by atoms with Gasteiger partial charge in [0.15, 0.2) is 6.10 Å². The fourth-order valence-corrected chi connectivity index (χ4v) is 9.83. The number of esters is 3. The van der Waals surface area contributed by atoms with E-state index in [9.17, 15) is 14.4 Å². The first-order chi connectivity index (χ1) is 35.5. The van der Waals surface area contributed by atoms with Crippen LogP contribution < -0.4 is 0 Å². The number of carbonyl (C=O) groups excluding carboxylic acids is 3. The topological polar surface area (TPSA) is 78.9 Å². The van der Waals surface area contributed by atoms with E-state index < -0.39 is 6.10 Å². The Balaban J connectivity index is 4.17. The van der Waals surface area contributed by atoms with E-state index in [1.54, 1.807) is 0 Å². The lowest BCUT2D eigenvalue weighted by Crippen LogP contribution is -2.30. The maximum absolute atomic E-state index is 12.9. The van der Waals surface area contributed by atoms with Gasteiger partial charge in [-0.1, -0.05) is 315 Å². The van der Waals surface area contributed by atoms with Crippen molar-refractivity contribution >= 4 is 17.9 Å². The number of unbranched alkanes of at least 4 members (excludes halogenated alkanes) is 45. The minimum atomic E-state index is -0.771. The van der Waals surface area contributed by atoms with Crippen molar-refractivity contribution in [3.63, 3.8) is 0 Å². The molecule has 0 aromatic rings. The molecule has 6 nitrogen and oxygen atoms in total. The van der Waals surface area contributed by atoms with E-state index in [2.05, 4.69) is 45.1 Å². The molecular formula is C66H124O6. The maximum Gasteiger partial charge on any atom is 0.306 e. The van der Waals surface area contributed by atoms with E-state index in [1.807, 2.05) is 0 Å². The fraction of sp³-hybridized carbons (Fsp3) is 0.894. The Labute approximate surface area is 449 Å². The third-order valence-corrected chi connectivity index (χ3v) is 14.7. The third-order valence-electron chi connectivity index (χ3n) is 14.7. The van der Waals surface area contributed by atoms with Gasteiger partial charge in [-0.2, -0.15) is 0 Å². The lowest BCUT2D eigenvalue weighted by atomic mass is 10.0. The Morgan fingerprint density at radius 3 is 0.792 bits per heavy atom. The summed E-state index contributed by atoms with van der Waals surface area (Å²) in [6, 6.07) is 0. The smallest absolute Gasteiger partial charge is 0.306 e. The van der Waals surface area contributed by atoms with Gasteiger partial charge in [-0.3, -0.25) is 14.4 Å². The molecule has 0 aliphatic carbocycles. The molecule has 0 aliphatic heterocycles. The third kappa shape index (κ3) is 58.8. The number of hydrogen-bond donors (Lipinski definition) is 0. The van der Waals surface area contributed by atoms with Crippen LogP contribution in [0.25, 0.3) is 0 Å². The molecule has 0 aromatic carbocycles. The summed E-state index contributed by atoms with van der Waals surface area (Å²) >= 11 is 0. The van der Waals surface area contributed by atoms with Gasteiger partial charge >= 0.3 is 17.9 Å². The average Bonchev–Trinajstić information content (AvgIpc) is 3.38. The Hall–Kier alpha value is -2.11. The van der Waals surface area contributed by atoms with Gasteiger partial charge in [0.25, 0.3) is 0 Å². The van der Waals surface area contributed by atoms with Crippen LogP contribution in [0.5, 0.6) is 0 Å². The van der Waals surface area contributed by atoms with Gasteiger partial charge in [0.1, 0.15) is 13.2 Å². The van der Waals surface area contributed by atoms with Crippen molar-refractivity contribution in [1.82, 2.24) is 0 Å². The maximum atomic E-state index is 12.9. The van der Waals surface area contributed by atoms with Gasteiger partial charge in [-0.15, -0.1) is 0 Å². The second-order valence-electron chi connectivity index (χ2n) is 22.0. The molecule has 0 fully saturated rings. The molecule has 0 amide bonds. The van der Waals surface area contributed by atoms with Crippen LogP contribution >= 0.6 is 0 Å². The molecule has 1 unspecified atom stereocenters. The lowest BCUT2D eigenvalue weighted by molar-refractivity contribution is -0.167. The van der Waals surface area contributed by atoms with Crippen molar-refractivity contribution in [3.05, 3.63) is 24.3 Å². The summed E-state index contributed by atoms with van der Waals surface area (Å²) in [6.07, 6.45) is 73.4. The SMILES string of the molecule is CCCCC/C=C\C/C=C\CCCCCCCCCC(=O)OC(COC(=O)CCCCCCCCCCCCC)COC(=O)CCCCCCCCCCCCCCCCCCCCCCCCCCCC. The first-order valence-corrected chi connectivity index (χ1v) is 32.3. The summed E-state index contributed by atoms with van der Waals surface area (Å²) in [4.78, 5) is 38.2. The van der Waals surface area contributed by atoms with Gasteiger partial charge in [0.05, 0.1) is 0 Å². The molecule has 0 spiro atoms. The van der Waals surface area contributed by atoms with Gasteiger partial charge in [0.2, 0.25) is 0 Å². The number of ether oxygens (including phenoxy) is 3. The van der Waals surface area contributed by atoms with Gasteiger partial charge in [-0.25, -0.2) is 0 Å². The monoisotopic (exact) mass is 1010 g/mol. The average molecular weight is 1010 g/mol. The highest BCUT2D eigenvalue weighted by Gasteiger charge is 2.19. The van der Waals surface area contributed by atoms with Crippen molar-refractivity contribution in [1.29, 1.82) is 0 Å². The highest BCUT2D eigenvalue weighted by molar-refractivity contribution is 5.71. The lowest BCUT2D eigenvalue weighted by Gasteiger charge is -2.18. The summed E-state index contributed by atoms with van der Waals surface area (Å²) in [5.74, 6) is -0.852. The van der Waals surface area contributed by atoms with Crippen molar-refractivity contribution in [2.24, 2.45) is 0 Å². The van der Waals surface area contributed by atoms with E-state index in [0.29, 0.717) is 19.3 Å². The molecule has 0 bridgehead atoms. The predicted molar refractivity (Wildman–Crippen MR) is 312 cm³/mol. The Morgan fingerprint density at radius 2 is 0.500 bits per heavy atom. The summed E-state index contributed by atoms with van der Waals surface area (Å²) in [5.41, 5.74) is 0. The second-order valence-corrected chi connectivity index (χ2v) is 22.0. The first kappa shape index (κ1) is 69.9. The molecule has 0 saturated carbocycles. The first-order valence-electron chi connectivity index (χ1n) is 32.3. The van der Waals surface area contributed by atoms with Crippen molar-refractivity contribution < 1.29 is 28.6 Å². The highest BCUT2D eigenvalue weighted by atomic mass is 16.6. The molecule has 0 N–H and O–H groups in total. The van der Waals surface area contributed by atoms with Crippen LogP contribution in [0.1, 0.15) is 361 Å². The molecule has 0 rings (SSSR count). The van der Waals surface area contributed by atoms with Crippen molar-refractivity contribution in [2.75, 3.05) is 13.2 Å². The number of carbonyl (C=O) groups is 3. The largest absolute Gasteiger partial charge is 0.462 e. The zero-order valence-corrected chi connectivity index (χ0v) is 48.7. The standard InChI is InChI=1S/C66H124O6/c1-4-7-10-13-16-19-22-24-26-28-29-30-31-32-33-34-35-36-38-39-41-44-47-50-53-56-59-65(68)71-62-63(61-70-64(67)58-55-52-49-46-43-21-18-15-12-9-6-3)72-66(69)60-57-54-51-48-45-42-40-37-27-25-23-20-17-14-11-8-5-2/h17,20,25,27,63H,4-16,18-19,21-24,26,28-62H2,1-3H3/b20-17-,27-25-. The molecule has 6 heteroatoms. The number of rotatable bonds is 60. The summed E-state index contributed by atoms with van der Waals surface area (Å²) in [6.45, 7) is 6.67. The summed E-state index contributed by atoms with van der Waals surface area (Å²) in [5, 5.41) is 0. The van der Waals surface area contributed by atoms with E-state index in [-0.39, 0.29) is 31.1 Å². The van der Waals surface area contributed by atoms with Crippen LogP contribution in [0.4, 0.5) is 0 Å². The van der Waals surface area contributed by atoms with Gasteiger partial charge in [-0.05, 0) is 51.4 Å². The Bertz CT molecular complexity index is 1160. The van der Waals surface area contributed by atoms with E-state index in [4.69, 9.17) is 14.2 Å². The number of hydrogen-bond acceptors (Lipinski definition) is 6. The molecule has 72 heavy (non-hydrogen) atoms. The molecule has 0 aliphatic rings. The van der Waals surface area contributed by atoms with E-state index in [1.165, 1.54) is 250 Å². The van der Waals surface area contributed by atoms with E-state index >= 15 is 0 Å². The summed E-state index contributed by atoms with van der Waals surface area (Å²) in [7, 11) is 0. The highest BCUT2D eigenvalue weighted by Crippen LogP contribution is 2.18. The van der Waals surface area contributed by atoms with E-state index in [0.717, 1.165) is 70.6 Å². The van der Waals surface area contributed by atoms with Gasteiger partial charge < -0.3 is 14.2 Å². The molecule has 1 atom stereocenters. The number of allylic oxidation sites excluding steroid dienone is 4. The molecule has 0 heterocycles. The zero-order valence-electron chi connectivity index (χ0n) is 48.7.